The molecule has 1 saturated heterocycles. The van der Waals surface area contributed by atoms with E-state index in [0.29, 0.717) is 19.4 Å². The van der Waals surface area contributed by atoms with Crippen molar-refractivity contribution in [1.29, 1.82) is 0 Å². The standard InChI is InChI=1S/C12H18N2O2/c1-2-8(13)7-14-11(15)9-5-3-4-6-10(9)12(14)16/h3-4,8-10H,2,5-7,13H2,1H3/t8?,9-,10+. The van der Waals surface area contributed by atoms with Crippen molar-refractivity contribution < 1.29 is 9.59 Å². The first-order valence-electron chi connectivity index (χ1n) is 5.91. The minimum atomic E-state index is -0.124. The van der Waals surface area contributed by atoms with E-state index in [0.717, 1.165) is 6.42 Å². The smallest absolute Gasteiger partial charge is 0.233 e. The summed E-state index contributed by atoms with van der Waals surface area (Å²) < 4.78 is 0. The number of carbonyl (C=O) groups is 2. The summed E-state index contributed by atoms with van der Waals surface area (Å²) in [5.41, 5.74) is 5.80. The summed E-state index contributed by atoms with van der Waals surface area (Å²) in [4.78, 5) is 25.4. The lowest BCUT2D eigenvalue weighted by atomic mass is 9.85. The molecule has 0 aromatic rings. The van der Waals surface area contributed by atoms with Crippen molar-refractivity contribution in [3.63, 3.8) is 0 Å². The molecule has 0 aromatic carbocycles. The van der Waals surface area contributed by atoms with Crippen LogP contribution in [0.2, 0.25) is 0 Å². The number of nitrogens with two attached hydrogens (primary N) is 1. The summed E-state index contributed by atoms with van der Waals surface area (Å²) in [6.07, 6.45) is 6.18. The second kappa shape index (κ2) is 4.37. The van der Waals surface area contributed by atoms with Crippen LogP contribution in [0.1, 0.15) is 26.2 Å². The van der Waals surface area contributed by atoms with Crippen molar-refractivity contribution in [1.82, 2.24) is 4.90 Å². The number of hydrogen-bond acceptors (Lipinski definition) is 3. The van der Waals surface area contributed by atoms with Crippen LogP contribution in [0.4, 0.5) is 0 Å². The predicted molar refractivity (Wildman–Crippen MR) is 60.3 cm³/mol. The summed E-state index contributed by atoms with van der Waals surface area (Å²) in [5.74, 6) is -0.297. The van der Waals surface area contributed by atoms with Gasteiger partial charge in [0.1, 0.15) is 0 Å². The molecule has 1 fully saturated rings. The van der Waals surface area contributed by atoms with Gasteiger partial charge in [-0.1, -0.05) is 19.1 Å². The number of hydrogen-bond donors (Lipinski definition) is 1. The highest BCUT2D eigenvalue weighted by atomic mass is 16.2. The van der Waals surface area contributed by atoms with Crippen LogP contribution in [0.3, 0.4) is 0 Å². The molecule has 0 spiro atoms. The molecule has 16 heavy (non-hydrogen) atoms. The average Bonchev–Trinajstić information content (AvgIpc) is 2.55. The maximum absolute atomic E-state index is 12.0. The molecule has 2 rings (SSSR count). The fourth-order valence-corrected chi connectivity index (χ4v) is 2.41. The quantitative estimate of drug-likeness (QED) is 0.564. The highest BCUT2D eigenvalue weighted by molar-refractivity contribution is 6.05. The van der Waals surface area contributed by atoms with E-state index in [2.05, 4.69) is 0 Å². The molecule has 1 heterocycles. The van der Waals surface area contributed by atoms with Gasteiger partial charge in [-0.2, -0.15) is 0 Å². The van der Waals surface area contributed by atoms with E-state index in [-0.39, 0.29) is 29.7 Å². The third-order valence-electron chi connectivity index (χ3n) is 3.54. The summed E-state index contributed by atoms with van der Waals surface area (Å²) in [6.45, 7) is 2.34. The van der Waals surface area contributed by atoms with Crippen LogP contribution in [-0.2, 0) is 9.59 Å². The molecule has 1 aliphatic carbocycles. The van der Waals surface area contributed by atoms with E-state index in [1.165, 1.54) is 4.90 Å². The Morgan fingerprint density at radius 2 is 1.81 bits per heavy atom. The number of allylic oxidation sites excluding steroid dienone is 2. The number of carbonyl (C=O) groups excluding carboxylic acids is 2. The maximum Gasteiger partial charge on any atom is 0.233 e. The second-order valence-corrected chi connectivity index (χ2v) is 4.61. The van der Waals surface area contributed by atoms with Gasteiger partial charge in [0.05, 0.1) is 11.8 Å². The van der Waals surface area contributed by atoms with E-state index in [9.17, 15) is 9.59 Å². The third kappa shape index (κ3) is 1.78. The predicted octanol–water partition coefficient (Wildman–Crippen LogP) is 0.675. The van der Waals surface area contributed by atoms with Crippen molar-refractivity contribution in [2.45, 2.75) is 32.2 Å². The molecule has 88 valence electrons. The molecule has 2 aliphatic rings. The lowest BCUT2D eigenvalue weighted by molar-refractivity contribution is -0.140. The van der Waals surface area contributed by atoms with E-state index < -0.39 is 0 Å². The Hall–Kier alpha value is -1.16. The van der Waals surface area contributed by atoms with Gasteiger partial charge in [-0.25, -0.2) is 0 Å². The van der Waals surface area contributed by atoms with Crippen molar-refractivity contribution in [2.24, 2.45) is 17.6 Å². The van der Waals surface area contributed by atoms with Crippen molar-refractivity contribution in [3.8, 4) is 0 Å². The van der Waals surface area contributed by atoms with E-state index >= 15 is 0 Å². The zero-order valence-corrected chi connectivity index (χ0v) is 9.56. The lowest BCUT2D eigenvalue weighted by Crippen LogP contribution is -2.41. The van der Waals surface area contributed by atoms with Gasteiger partial charge in [-0.05, 0) is 19.3 Å². The largest absolute Gasteiger partial charge is 0.326 e. The van der Waals surface area contributed by atoms with Gasteiger partial charge >= 0.3 is 0 Å². The highest BCUT2D eigenvalue weighted by Gasteiger charge is 2.47. The Kier molecular flexibility index (Phi) is 3.10. The molecule has 0 aromatic heterocycles. The molecule has 2 amide bonds. The fourth-order valence-electron chi connectivity index (χ4n) is 2.41. The zero-order valence-electron chi connectivity index (χ0n) is 9.56. The molecule has 0 saturated carbocycles. The van der Waals surface area contributed by atoms with Gasteiger partial charge < -0.3 is 5.73 Å². The number of fused-ring (bicyclic) bond motifs is 1. The van der Waals surface area contributed by atoms with Gasteiger partial charge in [0.2, 0.25) is 11.8 Å². The van der Waals surface area contributed by atoms with Crippen molar-refractivity contribution in [3.05, 3.63) is 12.2 Å². The third-order valence-corrected chi connectivity index (χ3v) is 3.54. The fraction of sp³-hybridized carbons (Fsp3) is 0.667. The molecule has 0 bridgehead atoms. The Morgan fingerprint density at radius 1 is 1.31 bits per heavy atom. The molecule has 4 heteroatoms. The van der Waals surface area contributed by atoms with Crippen molar-refractivity contribution in [2.75, 3.05) is 6.54 Å². The first kappa shape index (κ1) is 11.3. The van der Waals surface area contributed by atoms with Gasteiger partial charge in [0.25, 0.3) is 0 Å². The summed E-state index contributed by atoms with van der Waals surface area (Å²) in [7, 11) is 0. The maximum atomic E-state index is 12.0. The van der Waals surface area contributed by atoms with E-state index in [1.807, 2.05) is 19.1 Å². The number of nitrogens with zero attached hydrogens (tertiary/aromatic N) is 1. The SMILES string of the molecule is CCC(N)CN1C(=O)[C@H]2CC=CC[C@H]2C1=O. The molecular weight excluding hydrogens is 204 g/mol. The van der Waals surface area contributed by atoms with E-state index in [4.69, 9.17) is 5.73 Å². The highest BCUT2D eigenvalue weighted by Crippen LogP contribution is 2.34. The second-order valence-electron chi connectivity index (χ2n) is 4.61. The van der Waals surface area contributed by atoms with Gasteiger partial charge in [-0.3, -0.25) is 14.5 Å². The number of amides is 2. The van der Waals surface area contributed by atoms with Crippen LogP contribution in [0.5, 0.6) is 0 Å². The van der Waals surface area contributed by atoms with Crippen LogP contribution < -0.4 is 5.73 Å². The molecule has 0 radical (unpaired) electrons. The van der Waals surface area contributed by atoms with Crippen LogP contribution in [-0.4, -0.2) is 29.3 Å². The summed E-state index contributed by atoms with van der Waals surface area (Å²) in [6, 6.07) is -0.0963. The zero-order chi connectivity index (χ0) is 11.7. The van der Waals surface area contributed by atoms with E-state index in [1.54, 1.807) is 0 Å². The van der Waals surface area contributed by atoms with Crippen LogP contribution in [0, 0.1) is 11.8 Å². The molecule has 1 aliphatic heterocycles. The Balaban J connectivity index is 2.11. The molecule has 4 nitrogen and oxygen atoms in total. The topological polar surface area (TPSA) is 63.4 Å². The van der Waals surface area contributed by atoms with Gasteiger partial charge in [0, 0.05) is 12.6 Å². The van der Waals surface area contributed by atoms with Crippen LogP contribution in [0.15, 0.2) is 12.2 Å². The molecule has 1 unspecified atom stereocenters. The Morgan fingerprint density at radius 3 is 2.25 bits per heavy atom. The first-order valence-corrected chi connectivity index (χ1v) is 5.91. The van der Waals surface area contributed by atoms with Gasteiger partial charge in [0.15, 0.2) is 0 Å². The minimum absolute atomic E-state index is 0.0248. The summed E-state index contributed by atoms with van der Waals surface area (Å²) >= 11 is 0. The average molecular weight is 222 g/mol. The number of imide groups is 1. The molecule has 2 N–H and O–H groups in total. The summed E-state index contributed by atoms with van der Waals surface area (Å²) in [5, 5.41) is 0. The number of rotatable bonds is 3. The first-order chi connectivity index (χ1) is 7.65. The molecular formula is C12H18N2O2. The Labute approximate surface area is 95.5 Å². The molecule has 3 atom stereocenters. The monoisotopic (exact) mass is 222 g/mol. The van der Waals surface area contributed by atoms with Crippen LogP contribution in [0.25, 0.3) is 0 Å². The lowest BCUT2D eigenvalue weighted by Gasteiger charge is -2.18. The van der Waals surface area contributed by atoms with Crippen LogP contribution >= 0.6 is 0 Å². The van der Waals surface area contributed by atoms with Crippen molar-refractivity contribution >= 4 is 11.8 Å². The minimum Gasteiger partial charge on any atom is -0.326 e. The Bertz CT molecular complexity index is 312. The normalized spacial score (nSPS) is 30.8. The number of likely N-dealkylation sites (tertiary alicyclic amines) is 1. The van der Waals surface area contributed by atoms with Gasteiger partial charge in [-0.15, -0.1) is 0 Å².